The quantitative estimate of drug-likeness (QED) is 0.727. The fraction of sp³-hybridized carbons (Fsp3) is 0.750. The predicted molar refractivity (Wildman–Crippen MR) is 50.6 cm³/mol. The highest BCUT2D eigenvalue weighted by Crippen LogP contribution is 2.30. The van der Waals surface area contributed by atoms with Gasteiger partial charge in [0.1, 0.15) is 10.0 Å². The van der Waals surface area contributed by atoms with Crippen LogP contribution in [-0.4, -0.2) is 23.4 Å². The molecular formula is C8H13N3OS. The van der Waals surface area contributed by atoms with Crippen molar-refractivity contribution in [3.63, 3.8) is 0 Å². The zero-order valence-electron chi connectivity index (χ0n) is 7.62. The molecule has 0 amide bonds. The molecule has 13 heavy (non-hydrogen) atoms. The van der Waals surface area contributed by atoms with E-state index >= 15 is 0 Å². The van der Waals surface area contributed by atoms with Crippen molar-refractivity contribution in [3.05, 3.63) is 10.0 Å². The lowest BCUT2D eigenvalue weighted by molar-refractivity contribution is 0.0519. The molecule has 0 atom stereocenters. The molecule has 2 heterocycles. The van der Waals surface area contributed by atoms with Crippen molar-refractivity contribution >= 4 is 11.3 Å². The summed E-state index contributed by atoms with van der Waals surface area (Å²) in [5, 5.41) is 10.0. The molecule has 0 bridgehead atoms. The fourth-order valence-corrected chi connectivity index (χ4v) is 2.30. The minimum Gasteiger partial charge on any atom is -0.381 e. The van der Waals surface area contributed by atoms with Gasteiger partial charge in [0.25, 0.3) is 0 Å². The Morgan fingerprint density at radius 1 is 1.38 bits per heavy atom. The van der Waals surface area contributed by atoms with Crippen molar-refractivity contribution in [2.24, 2.45) is 5.73 Å². The van der Waals surface area contributed by atoms with E-state index in [0.29, 0.717) is 0 Å². The zero-order valence-corrected chi connectivity index (χ0v) is 8.43. The van der Waals surface area contributed by atoms with Crippen LogP contribution < -0.4 is 5.73 Å². The number of hydrogen-bond acceptors (Lipinski definition) is 5. The number of aryl methyl sites for hydroxylation is 1. The number of aromatic nitrogens is 2. The lowest BCUT2D eigenvalue weighted by atomic mass is 9.92. The molecular weight excluding hydrogens is 186 g/mol. The Labute approximate surface area is 81.1 Å². The zero-order chi connectivity index (χ0) is 9.31. The van der Waals surface area contributed by atoms with E-state index in [1.807, 2.05) is 6.92 Å². The average Bonchev–Trinajstić information content (AvgIpc) is 2.54. The summed E-state index contributed by atoms with van der Waals surface area (Å²) < 4.78 is 5.27. The number of ether oxygens (including phenoxy) is 1. The first kappa shape index (κ1) is 9.05. The number of hydrogen-bond donors (Lipinski definition) is 1. The molecule has 0 unspecified atom stereocenters. The standard InChI is InChI=1S/C8H13N3OS/c1-6-10-11-7(13-6)8(9)2-4-12-5-3-8/h2-5,9H2,1H3. The van der Waals surface area contributed by atoms with Crippen LogP contribution >= 0.6 is 11.3 Å². The Morgan fingerprint density at radius 3 is 2.62 bits per heavy atom. The third-order valence-electron chi connectivity index (χ3n) is 2.34. The van der Waals surface area contributed by atoms with Crippen molar-refractivity contribution in [3.8, 4) is 0 Å². The molecule has 0 spiro atoms. The van der Waals surface area contributed by atoms with Crippen molar-refractivity contribution in [1.29, 1.82) is 0 Å². The Bertz CT molecular complexity index is 293. The highest BCUT2D eigenvalue weighted by molar-refractivity contribution is 7.11. The summed E-state index contributed by atoms with van der Waals surface area (Å²) in [6.45, 7) is 3.41. The maximum Gasteiger partial charge on any atom is 0.137 e. The van der Waals surface area contributed by atoms with Gasteiger partial charge in [-0.15, -0.1) is 10.2 Å². The maximum absolute atomic E-state index is 6.22. The van der Waals surface area contributed by atoms with Gasteiger partial charge in [-0.05, 0) is 19.8 Å². The molecule has 1 aliphatic rings. The average molecular weight is 199 g/mol. The second kappa shape index (κ2) is 3.32. The van der Waals surface area contributed by atoms with E-state index in [1.165, 1.54) is 0 Å². The SMILES string of the molecule is Cc1nnc(C2(N)CCOCC2)s1. The smallest absolute Gasteiger partial charge is 0.137 e. The Kier molecular flexibility index (Phi) is 2.31. The van der Waals surface area contributed by atoms with Crippen LogP contribution in [0.25, 0.3) is 0 Å². The summed E-state index contributed by atoms with van der Waals surface area (Å²) >= 11 is 1.59. The number of nitrogens with two attached hydrogens (primary N) is 1. The van der Waals surface area contributed by atoms with Crippen LogP contribution in [0.4, 0.5) is 0 Å². The van der Waals surface area contributed by atoms with Crippen LogP contribution in [0.3, 0.4) is 0 Å². The van der Waals surface area contributed by atoms with Crippen LogP contribution in [0, 0.1) is 6.92 Å². The van der Waals surface area contributed by atoms with Crippen LogP contribution in [0.15, 0.2) is 0 Å². The highest BCUT2D eigenvalue weighted by Gasteiger charge is 2.33. The third kappa shape index (κ3) is 1.72. The van der Waals surface area contributed by atoms with Gasteiger partial charge in [-0.1, -0.05) is 11.3 Å². The third-order valence-corrected chi connectivity index (χ3v) is 3.40. The topological polar surface area (TPSA) is 61.0 Å². The first-order valence-electron chi connectivity index (χ1n) is 4.38. The Hall–Kier alpha value is -0.520. The van der Waals surface area contributed by atoms with E-state index in [0.717, 1.165) is 36.1 Å². The van der Waals surface area contributed by atoms with E-state index in [4.69, 9.17) is 10.5 Å². The van der Waals surface area contributed by atoms with Crippen LogP contribution in [0.5, 0.6) is 0 Å². The lowest BCUT2D eigenvalue weighted by Gasteiger charge is -2.30. The van der Waals surface area contributed by atoms with E-state index < -0.39 is 0 Å². The minimum atomic E-state index is -0.288. The van der Waals surface area contributed by atoms with Gasteiger partial charge in [0, 0.05) is 13.2 Å². The molecule has 72 valence electrons. The summed E-state index contributed by atoms with van der Waals surface area (Å²) in [5.74, 6) is 0. The van der Waals surface area contributed by atoms with Crippen molar-refractivity contribution < 1.29 is 4.74 Å². The first-order valence-corrected chi connectivity index (χ1v) is 5.20. The first-order chi connectivity index (χ1) is 6.21. The van der Waals surface area contributed by atoms with Crippen LogP contribution in [0.1, 0.15) is 22.9 Å². The molecule has 0 aliphatic carbocycles. The molecule has 1 aromatic heterocycles. The maximum atomic E-state index is 6.22. The summed E-state index contributed by atoms with van der Waals surface area (Å²) in [7, 11) is 0. The number of nitrogens with zero attached hydrogens (tertiary/aromatic N) is 2. The molecule has 4 nitrogen and oxygen atoms in total. The molecule has 1 fully saturated rings. The normalized spacial score (nSPS) is 21.7. The van der Waals surface area contributed by atoms with Gasteiger partial charge < -0.3 is 10.5 Å². The summed E-state index contributed by atoms with van der Waals surface area (Å²) in [6, 6.07) is 0. The molecule has 0 saturated carbocycles. The predicted octanol–water partition coefficient (Wildman–Crippen LogP) is 0.811. The van der Waals surface area contributed by atoms with Crippen molar-refractivity contribution in [2.75, 3.05) is 13.2 Å². The molecule has 1 aromatic rings. The van der Waals surface area contributed by atoms with Gasteiger partial charge in [0.15, 0.2) is 0 Å². The van der Waals surface area contributed by atoms with E-state index in [2.05, 4.69) is 10.2 Å². The fourth-order valence-electron chi connectivity index (χ4n) is 1.45. The van der Waals surface area contributed by atoms with Gasteiger partial charge >= 0.3 is 0 Å². The molecule has 1 aliphatic heterocycles. The molecule has 2 rings (SSSR count). The highest BCUT2D eigenvalue weighted by atomic mass is 32.1. The van der Waals surface area contributed by atoms with Crippen molar-refractivity contribution in [2.45, 2.75) is 25.3 Å². The largest absolute Gasteiger partial charge is 0.381 e. The summed E-state index contributed by atoms with van der Waals surface area (Å²) in [4.78, 5) is 0. The van der Waals surface area contributed by atoms with Gasteiger partial charge in [-0.25, -0.2) is 0 Å². The van der Waals surface area contributed by atoms with Crippen LogP contribution in [0.2, 0.25) is 0 Å². The van der Waals surface area contributed by atoms with E-state index in [-0.39, 0.29) is 5.54 Å². The monoisotopic (exact) mass is 199 g/mol. The molecule has 2 N–H and O–H groups in total. The summed E-state index contributed by atoms with van der Waals surface area (Å²) in [5.41, 5.74) is 5.93. The minimum absolute atomic E-state index is 0.288. The van der Waals surface area contributed by atoms with Crippen LogP contribution in [-0.2, 0) is 10.3 Å². The van der Waals surface area contributed by atoms with Gasteiger partial charge in [0.05, 0.1) is 5.54 Å². The van der Waals surface area contributed by atoms with E-state index in [9.17, 15) is 0 Å². The Morgan fingerprint density at radius 2 is 2.08 bits per heavy atom. The van der Waals surface area contributed by atoms with Gasteiger partial charge in [-0.2, -0.15) is 0 Å². The lowest BCUT2D eigenvalue weighted by Crippen LogP contribution is -2.42. The van der Waals surface area contributed by atoms with E-state index in [1.54, 1.807) is 11.3 Å². The molecule has 5 heteroatoms. The molecule has 1 saturated heterocycles. The Balaban J connectivity index is 2.22. The molecule has 0 radical (unpaired) electrons. The van der Waals surface area contributed by atoms with Gasteiger partial charge in [0.2, 0.25) is 0 Å². The number of rotatable bonds is 1. The van der Waals surface area contributed by atoms with Crippen molar-refractivity contribution in [1.82, 2.24) is 10.2 Å². The summed E-state index contributed by atoms with van der Waals surface area (Å²) in [6.07, 6.45) is 1.70. The molecule has 0 aromatic carbocycles. The second-order valence-corrected chi connectivity index (χ2v) is 4.58. The second-order valence-electron chi connectivity index (χ2n) is 3.39. The van der Waals surface area contributed by atoms with Gasteiger partial charge in [-0.3, -0.25) is 0 Å².